The number of aliphatic imine (C=N–C) groups is 1. The molecule has 166 valence electrons. The Hall–Kier alpha value is -4.24. The molecule has 0 amide bonds. The van der Waals surface area contributed by atoms with Gasteiger partial charge in [0.1, 0.15) is 35.3 Å². The molecule has 2 aromatic rings. The Morgan fingerprint density at radius 2 is 1.39 bits per heavy atom. The van der Waals surface area contributed by atoms with Gasteiger partial charge < -0.3 is 0 Å². The van der Waals surface area contributed by atoms with Gasteiger partial charge >= 0.3 is 0 Å². The Morgan fingerprint density at radius 1 is 0.818 bits per heavy atom. The molecule has 2 aromatic carbocycles. The van der Waals surface area contributed by atoms with Crippen LogP contribution < -0.4 is 10.4 Å². The molecule has 33 heavy (non-hydrogen) atoms. The maximum atomic E-state index is 15.5. The highest BCUT2D eigenvalue weighted by Gasteiger charge is 2.41. The lowest BCUT2D eigenvalue weighted by Crippen LogP contribution is -2.32. The van der Waals surface area contributed by atoms with E-state index in [0.717, 1.165) is 7.05 Å². The first-order valence-electron chi connectivity index (χ1n) is 8.66. The first kappa shape index (κ1) is 23.4. The molecule has 0 spiro atoms. The maximum Gasteiger partial charge on any atom is 0.191 e. The van der Waals surface area contributed by atoms with Crippen LogP contribution in [-0.4, -0.2) is 13.3 Å². The fourth-order valence-electron chi connectivity index (χ4n) is 3.55. The second-order valence-electron chi connectivity index (χ2n) is 6.59. The van der Waals surface area contributed by atoms with E-state index in [4.69, 9.17) is 15.8 Å². The van der Waals surface area contributed by atoms with Crippen molar-refractivity contribution < 1.29 is 35.1 Å². The lowest BCUT2D eigenvalue weighted by atomic mass is 9.80. The van der Waals surface area contributed by atoms with Crippen LogP contribution in [-0.2, 0) is 0 Å². The third-order valence-corrected chi connectivity index (χ3v) is 4.95. The van der Waals surface area contributed by atoms with E-state index in [1.165, 1.54) is 18.2 Å². The molecule has 0 saturated carbocycles. The summed E-state index contributed by atoms with van der Waals surface area (Å²) in [5.74, 6) is -22.4. The van der Waals surface area contributed by atoms with E-state index in [1.807, 2.05) is 0 Å². The van der Waals surface area contributed by atoms with E-state index in [9.17, 15) is 22.0 Å². The van der Waals surface area contributed by atoms with Crippen LogP contribution in [0.25, 0.3) is 22.2 Å². The molecule has 1 atom stereocenters. The first-order valence-corrected chi connectivity index (χ1v) is 8.66. The predicted molar refractivity (Wildman–Crippen MR) is 97.6 cm³/mol. The molecule has 0 aliphatic heterocycles. The average Bonchev–Trinajstić information content (AvgIpc) is 2.79. The van der Waals surface area contributed by atoms with Crippen LogP contribution >= 0.6 is 0 Å². The Labute approximate surface area is 178 Å². The molecule has 0 aromatic heterocycles. The van der Waals surface area contributed by atoms with E-state index in [0.29, 0.717) is 6.21 Å². The van der Waals surface area contributed by atoms with E-state index >= 15 is 13.2 Å². The van der Waals surface area contributed by atoms with Crippen LogP contribution in [0.1, 0.15) is 11.5 Å². The van der Waals surface area contributed by atoms with Crippen molar-refractivity contribution in [3.05, 3.63) is 56.7 Å². The van der Waals surface area contributed by atoms with Crippen molar-refractivity contribution in [2.75, 3.05) is 7.05 Å². The van der Waals surface area contributed by atoms with Gasteiger partial charge in [0.2, 0.25) is 0 Å². The highest BCUT2D eigenvalue weighted by Crippen LogP contribution is 2.42. The Morgan fingerprint density at radius 3 is 1.91 bits per heavy atom. The van der Waals surface area contributed by atoms with Crippen molar-refractivity contribution in [2.45, 2.75) is 5.92 Å². The van der Waals surface area contributed by atoms with Crippen LogP contribution in [0.3, 0.4) is 0 Å². The van der Waals surface area contributed by atoms with Crippen molar-refractivity contribution in [1.82, 2.24) is 0 Å². The Balaban J connectivity index is 2.78. The highest BCUT2D eigenvalue weighted by atomic mass is 19.2. The number of benzene rings is 2. The Kier molecular flexibility index (Phi) is 5.93. The standard InChI is InChI=1S/C21H6F8N4/c1-33-5-7(4-32)9-14(22)12-13(19(27)18(9)26)16(24)11-10(15(12)23)8(6(2-30)3-31)17(25)21(29)20(11)28/h5-6,8H,1H3/b9-7-,33-5?. The summed E-state index contributed by atoms with van der Waals surface area (Å²) in [7, 11) is 1.08. The molecule has 1 unspecified atom stereocenters. The average molecular weight is 466 g/mol. The van der Waals surface area contributed by atoms with Crippen LogP contribution in [0.5, 0.6) is 0 Å². The third-order valence-electron chi connectivity index (χ3n) is 4.95. The first-order chi connectivity index (χ1) is 15.6. The van der Waals surface area contributed by atoms with Crippen LogP contribution in [0.4, 0.5) is 35.1 Å². The summed E-state index contributed by atoms with van der Waals surface area (Å²) >= 11 is 0. The van der Waals surface area contributed by atoms with E-state index in [2.05, 4.69) is 4.99 Å². The van der Waals surface area contributed by atoms with Gasteiger partial charge in [-0.3, -0.25) is 4.99 Å². The van der Waals surface area contributed by atoms with Crippen LogP contribution in [0.2, 0.25) is 0 Å². The number of hydrogen-bond acceptors (Lipinski definition) is 4. The molecule has 3 rings (SSSR count). The number of nitrogens with zero attached hydrogens (tertiary/aromatic N) is 4. The quantitative estimate of drug-likeness (QED) is 0.383. The summed E-state index contributed by atoms with van der Waals surface area (Å²) in [6, 6.07) is 3.69. The molecule has 1 aliphatic carbocycles. The number of rotatable bonds is 2. The van der Waals surface area contributed by atoms with Crippen molar-refractivity contribution in [2.24, 2.45) is 10.9 Å². The largest absolute Gasteiger partial charge is 0.295 e. The van der Waals surface area contributed by atoms with Gasteiger partial charge in [0.05, 0.1) is 44.8 Å². The molecule has 12 heteroatoms. The zero-order valence-corrected chi connectivity index (χ0v) is 16.0. The molecule has 0 bridgehead atoms. The number of fused-ring (bicyclic) bond motifs is 2. The zero-order chi connectivity index (χ0) is 24.8. The van der Waals surface area contributed by atoms with E-state index in [-0.39, 0.29) is 0 Å². The van der Waals surface area contributed by atoms with Gasteiger partial charge in [-0.25, -0.2) is 35.1 Å². The molecule has 0 fully saturated rings. The summed E-state index contributed by atoms with van der Waals surface area (Å²) in [5.41, 5.74) is -2.42. The summed E-state index contributed by atoms with van der Waals surface area (Å²) in [5, 5.41) is 20.6. The monoisotopic (exact) mass is 466 g/mol. The molecular formula is C21H6F8N4. The summed E-state index contributed by atoms with van der Waals surface area (Å²) in [4.78, 5) is 3.34. The van der Waals surface area contributed by atoms with Gasteiger partial charge in [0.15, 0.2) is 23.3 Å². The van der Waals surface area contributed by atoms with Gasteiger partial charge in [0.25, 0.3) is 0 Å². The lowest BCUT2D eigenvalue weighted by molar-refractivity contribution is 0.433. The lowest BCUT2D eigenvalue weighted by Gasteiger charge is -2.23. The minimum Gasteiger partial charge on any atom is -0.295 e. The van der Waals surface area contributed by atoms with E-state index < -0.39 is 90.7 Å². The molecule has 0 heterocycles. The van der Waals surface area contributed by atoms with E-state index in [1.54, 1.807) is 0 Å². The molecule has 0 N–H and O–H groups in total. The van der Waals surface area contributed by atoms with Gasteiger partial charge in [-0.15, -0.1) is 0 Å². The zero-order valence-electron chi connectivity index (χ0n) is 16.0. The smallest absolute Gasteiger partial charge is 0.191 e. The molecular weight excluding hydrogens is 460 g/mol. The second kappa shape index (κ2) is 8.36. The highest BCUT2D eigenvalue weighted by molar-refractivity contribution is 6.09. The fraction of sp³-hybridized carbons (Fsp3) is 0.143. The number of halogens is 8. The minimum absolute atomic E-state index is 0.592. The van der Waals surface area contributed by atoms with Crippen molar-refractivity contribution in [3.63, 3.8) is 0 Å². The maximum absolute atomic E-state index is 15.5. The Bertz CT molecular complexity index is 1540. The van der Waals surface area contributed by atoms with Crippen molar-refractivity contribution in [3.8, 4) is 18.2 Å². The number of nitriles is 3. The van der Waals surface area contributed by atoms with Gasteiger partial charge in [0, 0.05) is 18.8 Å². The molecule has 1 aliphatic rings. The summed E-state index contributed by atoms with van der Waals surface area (Å²) < 4.78 is 118. The molecule has 0 radical (unpaired) electrons. The normalized spacial score (nSPS) is 16.7. The van der Waals surface area contributed by atoms with Gasteiger partial charge in [-0.1, -0.05) is 0 Å². The topological polar surface area (TPSA) is 83.7 Å². The van der Waals surface area contributed by atoms with Gasteiger partial charge in [-0.2, -0.15) is 15.8 Å². The van der Waals surface area contributed by atoms with Crippen molar-refractivity contribution in [1.29, 1.82) is 15.8 Å². The molecule has 4 nitrogen and oxygen atoms in total. The second-order valence-corrected chi connectivity index (χ2v) is 6.59. The number of allylic oxidation sites excluding steroid dienone is 2. The summed E-state index contributed by atoms with van der Waals surface area (Å²) in [6.07, 6.45) is 0.592. The third kappa shape index (κ3) is 3.13. The van der Waals surface area contributed by atoms with Crippen LogP contribution in [0.15, 0.2) is 16.6 Å². The van der Waals surface area contributed by atoms with Gasteiger partial charge in [-0.05, 0) is 0 Å². The van der Waals surface area contributed by atoms with Crippen molar-refractivity contribution >= 4 is 28.4 Å². The fourth-order valence-corrected chi connectivity index (χ4v) is 3.55. The minimum atomic E-state index is -2.55. The van der Waals surface area contributed by atoms with Crippen LogP contribution in [0, 0.1) is 69.0 Å². The predicted octanol–water partition coefficient (Wildman–Crippen LogP) is 3.90. The number of hydrogen-bond donors (Lipinski definition) is 0. The summed E-state index contributed by atoms with van der Waals surface area (Å²) in [6.45, 7) is 0. The molecule has 0 saturated heterocycles. The SMILES string of the molecule is CN=C/C(C#N)=c1\c(F)c(F)c2c(F)c3c(c(F)c2c1F)C(C(C#N)C#N)C(F)=C(F)C=3F.